The molecule has 0 saturated heterocycles. The first-order valence-corrected chi connectivity index (χ1v) is 4.74. The molecule has 4 heteroatoms. The normalized spacial score (nSPS) is 16.4. The molecular weight excluding hydrogens is 164 g/mol. The predicted molar refractivity (Wildman–Crippen MR) is 53.9 cm³/mol. The van der Waals surface area contributed by atoms with Crippen LogP contribution in [-0.2, 0) is 0 Å². The molecule has 1 unspecified atom stereocenters. The Bertz CT molecular complexity index is 167. The number of hydrazine groups is 1. The Morgan fingerprint density at radius 3 is 2.15 bits per heavy atom. The molecule has 0 saturated carbocycles. The van der Waals surface area contributed by atoms with Crippen LogP contribution in [0.5, 0.6) is 0 Å². The maximum absolute atomic E-state index is 8.62. The van der Waals surface area contributed by atoms with E-state index in [-0.39, 0.29) is 11.1 Å². The summed E-state index contributed by atoms with van der Waals surface area (Å²) in [6, 6.07) is 0. The van der Waals surface area contributed by atoms with Crippen molar-refractivity contribution in [2.45, 2.75) is 51.6 Å². The van der Waals surface area contributed by atoms with Crippen LogP contribution in [-0.4, -0.2) is 18.1 Å². The van der Waals surface area contributed by atoms with Crippen LogP contribution in [0.25, 0.3) is 5.53 Å². The van der Waals surface area contributed by atoms with Crippen molar-refractivity contribution in [1.29, 1.82) is 0 Å². The maximum atomic E-state index is 8.62. The third kappa shape index (κ3) is 4.22. The highest BCUT2D eigenvalue weighted by atomic mass is 15.4. The fourth-order valence-electron chi connectivity index (χ4n) is 1.46. The molecule has 0 aromatic rings. The Kier molecular flexibility index (Phi) is 4.33. The van der Waals surface area contributed by atoms with E-state index >= 15 is 0 Å². The lowest BCUT2D eigenvalue weighted by molar-refractivity contribution is -0.564. The Morgan fingerprint density at radius 2 is 1.85 bits per heavy atom. The molecule has 13 heavy (non-hydrogen) atoms. The molecule has 0 radical (unpaired) electrons. The van der Waals surface area contributed by atoms with E-state index < -0.39 is 0 Å². The molecule has 0 bridgehead atoms. The number of hydrogen-bond donors (Lipinski definition) is 3. The summed E-state index contributed by atoms with van der Waals surface area (Å²) in [7, 11) is 1.95. The second-order valence-electron chi connectivity index (χ2n) is 4.46. The van der Waals surface area contributed by atoms with Gasteiger partial charge in [-0.05, 0) is 33.7 Å². The highest BCUT2D eigenvalue weighted by Crippen LogP contribution is 2.21. The molecule has 0 aromatic heterocycles. The van der Waals surface area contributed by atoms with Gasteiger partial charge in [-0.1, -0.05) is 13.8 Å². The van der Waals surface area contributed by atoms with Crippen molar-refractivity contribution in [3.05, 3.63) is 5.53 Å². The van der Waals surface area contributed by atoms with E-state index in [1.807, 2.05) is 12.3 Å². The lowest BCUT2D eigenvalue weighted by Crippen LogP contribution is -2.82. The van der Waals surface area contributed by atoms with Gasteiger partial charge in [0.25, 0.3) is 0 Å². The molecule has 0 rings (SSSR count). The van der Waals surface area contributed by atoms with Crippen molar-refractivity contribution < 1.29 is 5.22 Å². The highest BCUT2D eigenvalue weighted by molar-refractivity contribution is 4.89. The zero-order valence-corrected chi connectivity index (χ0v) is 9.36. The molecule has 78 valence electrons. The summed E-state index contributed by atoms with van der Waals surface area (Å²) in [5.74, 6) is 0. The van der Waals surface area contributed by atoms with E-state index in [2.05, 4.69) is 38.4 Å². The summed E-state index contributed by atoms with van der Waals surface area (Å²) in [4.78, 5) is 0. The Hall–Kier alpha value is -0.640. The largest absolute Gasteiger partial charge is 0.315 e. The maximum Gasteiger partial charge on any atom is 0.0216 e. The third-order valence-corrected chi connectivity index (χ3v) is 2.65. The summed E-state index contributed by atoms with van der Waals surface area (Å²) >= 11 is 0. The molecule has 0 aliphatic heterocycles. The smallest absolute Gasteiger partial charge is 0.0216 e. The molecule has 0 fully saturated rings. The molecule has 0 amide bonds. The second kappa shape index (κ2) is 4.56. The predicted octanol–water partition coefficient (Wildman–Crippen LogP) is 0.150. The number of nitrogens with one attached hydrogen (secondary N) is 3. The lowest BCUT2D eigenvalue weighted by atomic mass is 9.84. The van der Waals surface area contributed by atoms with E-state index in [1.54, 1.807) is 0 Å². The van der Waals surface area contributed by atoms with Crippen molar-refractivity contribution in [3.63, 3.8) is 0 Å². The van der Waals surface area contributed by atoms with Crippen molar-refractivity contribution in [1.82, 2.24) is 10.7 Å². The molecule has 3 N–H and O–H groups in total. The minimum absolute atomic E-state index is 0.0641. The number of nitrogens with zero attached hydrogens (tertiary/aromatic N) is 1. The van der Waals surface area contributed by atoms with Crippen LogP contribution in [0.1, 0.15) is 40.5 Å². The van der Waals surface area contributed by atoms with Gasteiger partial charge in [0.1, 0.15) is 0 Å². The molecule has 4 nitrogen and oxygen atoms in total. The van der Waals surface area contributed by atoms with E-state index in [0.717, 1.165) is 12.8 Å². The number of rotatable bonds is 6. The van der Waals surface area contributed by atoms with Gasteiger partial charge in [0, 0.05) is 11.1 Å². The summed E-state index contributed by atoms with van der Waals surface area (Å²) in [6.45, 7) is 8.45. The molecule has 0 aromatic carbocycles. The van der Waals surface area contributed by atoms with E-state index in [0.29, 0.717) is 0 Å². The Labute approximate surface area is 81.0 Å². The molecule has 0 heterocycles. The third-order valence-electron chi connectivity index (χ3n) is 2.65. The minimum Gasteiger partial charge on any atom is -0.315 e. The first-order chi connectivity index (χ1) is 5.89. The highest BCUT2D eigenvalue weighted by Gasteiger charge is 2.28. The lowest BCUT2D eigenvalue weighted by Gasteiger charge is -2.37. The van der Waals surface area contributed by atoms with Crippen molar-refractivity contribution in [2.24, 2.45) is 0 Å². The topological polar surface area (TPSA) is 60.3 Å². The van der Waals surface area contributed by atoms with Crippen LogP contribution >= 0.6 is 0 Å². The quantitative estimate of drug-likeness (QED) is 0.408. The van der Waals surface area contributed by atoms with Gasteiger partial charge in [-0.3, -0.25) is 5.43 Å². The summed E-state index contributed by atoms with van der Waals surface area (Å²) in [6.07, 6.45) is 1.88. The summed E-state index contributed by atoms with van der Waals surface area (Å²) in [5, 5.41) is 5.27. The zero-order valence-electron chi connectivity index (χ0n) is 9.36. The average molecular weight is 186 g/mol. The standard InChI is InChI=1S/C9H22N4/c1-6-9(4,12-13-10)7-8(2,3)11-5/h11,13H,6-7H2,1-5H3,(H-,10,12). The number of hydrogen-bond acceptors (Lipinski definition) is 1. The monoisotopic (exact) mass is 186 g/mol. The molecule has 0 aliphatic carbocycles. The molecule has 1 atom stereocenters. The van der Waals surface area contributed by atoms with Crippen LogP contribution in [0.2, 0.25) is 0 Å². The zero-order chi connectivity index (χ0) is 10.5. The summed E-state index contributed by atoms with van der Waals surface area (Å²) in [5.41, 5.74) is 11.5. The van der Waals surface area contributed by atoms with Gasteiger partial charge in [0.2, 0.25) is 0 Å². The fourth-order valence-corrected chi connectivity index (χ4v) is 1.46. The molecule has 0 aliphatic rings. The van der Waals surface area contributed by atoms with Crippen LogP contribution < -0.4 is 16.0 Å². The van der Waals surface area contributed by atoms with E-state index in [1.165, 1.54) is 0 Å². The minimum atomic E-state index is -0.0960. The Balaban J connectivity index is 4.33. The first-order valence-electron chi connectivity index (χ1n) is 4.74. The molecular formula is C9H22N4. The van der Waals surface area contributed by atoms with Crippen LogP contribution in [0.3, 0.4) is 0 Å². The van der Waals surface area contributed by atoms with Gasteiger partial charge in [0.05, 0.1) is 0 Å². The van der Waals surface area contributed by atoms with Crippen molar-refractivity contribution >= 4 is 0 Å². The van der Waals surface area contributed by atoms with Gasteiger partial charge in [-0.25, -0.2) is 0 Å². The van der Waals surface area contributed by atoms with Gasteiger partial charge in [-0.2, -0.15) is 10.8 Å². The second-order valence-corrected chi connectivity index (χ2v) is 4.46. The molecule has 0 spiro atoms. The van der Waals surface area contributed by atoms with E-state index in [4.69, 9.17) is 5.53 Å². The van der Waals surface area contributed by atoms with Gasteiger partial charge in [0.15, 0.2) is 0 Å². The van der Waals surface area contributed by atoms with Crippen molar-refractivity contribution in [2.75, 3.05) is 7.05 Å². The van der Waals surface area contributed by atoms with Crippen LogP contribution in [0, 0.1) is 0 Å². The summed E-state index contributed by atoms with van der Waals surface area (Å²) < 4.78 is 0. The SMILES string of the molecule is CCC(C)(CC(C)(C)NC)N[NH+]=[N-]. The Morgan fingerprint density at radius 1 is 1.31 bits per heavy atom. The van der Waals surface area contributed by atoms with Gasteiger partial charge in [-0.15, -0.1) is 0 Å². The van der Waals surface area contributed by atoms with Crippen LogP contribution in [0.15, 0.2) is 0 Å². The van der Waals surface area contributed by atoms with Crippen LogP contribution in [0.4, 0.5) is 0 Å². The van der Waals surface area contributed by atoms with E-state index in [9.17, 15) is 0 Å². The van der Waals surface area contributed by atoms with Gasteiger partial charge >= 0.3 is 0 Å². The van der Waals surface area contributed by atoms with Gasteiger partial charge < -0.3 is 5.32 Å². The fraction of sp³-hybridized carbons (Fsp3) is 1.00. The average Bonchev–Trinajstić information content (AvgIpc) is 2.04. The first kappa shape index (κ1) is 12.4. The van der Waals surface area contributed by atoms with Crippen molar-refractivity contribution in [3.8, 4) is 0 Å².